The van der Waals surface area contributed by atoms with Crippen molar-refractivity contribution in [2.75, 3.05) is 5.32 Å². The summed E-state index contributed by atoms with van der Waals surface area (Å²) in [7, 11) is 0. The van der Waals surface area contributed by atoms with E-state index < -0.39 is 0 Å². The molecule has 0 aromatic heterocycles. The average molecular weight is 253 g/mol. The van der Waals surface area contributed by atoms with Crippen molar-refractivity contribution in [1.29, 1.82) is 0 Å². The third-order valence-electron chi connectivity index (χ3n) is 3.76. The summed E-state index contributed by atoms with van der Waals surface area (Å²) >= 11 is 0. The van der Waals surface area contributed by atoms with Gasteiger partial charge >= 0.3 is 0 Å². The van der Waals surface area contributed by atoms with Gasteiger partial charge in [-0.1, -0.05) is 30.3 Å². The molecule has 0 unspecified atom stereocenters. The van der Waals surface area contributed by atoms with Crippen molar-refractivity contribution in [2.45, 2.75) is 32.2 Å². The first-order valence-corrected chi connectivity index (χ1v) is 6.85. The number of aromatic hydroxyl groups is 1. The Morgan fingerprint density at radius 1 is 1.16 bits per heavy atom. The average Bonchev–Trinajstić information content (AvgIpc) is 3.25. The number of rotatable bonds is 4. The van der Waals surface area contributed by atoms with Crippen LogP contribution in [0.25, 0.3) is 0 Å². The summed E-state index contributed by atoms with van der Waals surface area (Å²) in [5.74, 6) is 1.12. The fourth-order valence-corrected chi connectivity index (χ4v) is 2.40. The molecular formula is C17H19NO. The van der Waals surface area contributed by atoms with Crippen molar-refractivity contribution >= 4 is 5.69 Å². The van der Waals surface area contributed by atoms with Crippen molar-refractivity contribution in [3.8, 4) is 5.75 Å². The van der Waals surface area contributed by atoms with Crippen molar-refractivity contribution in [1.82, 2.24) is 0 Å². The number of phenols is 1. The van der Waals surface area contributed by atoms with E-state index in [2.05, 4.69) is 29.6 Å². The maximum Gasteiger partial charge on any atom is 0.120 e. The molecule has 2 nitrogen and oxygen atoms in total. The summed E-state index contributed by atoms with van der Waals surface area (Å²) < 4.78 is 0. The van der Waals surface area contributed by atoms with Crippen LogP contribution in [0.2, 0.25) is 0 Å². The molecule has 0 atom stereocenters. The number of benzene rings is 2. The zero-order valence-corrected chi connectivity index (χ0v) is 11.2. The lowest BCUT2D eigenvalue weighted by atomic mass is 10.0. The summed E-state index contributed by atoms with van der Waals surface area (Å²) in [6.45, 7) is 2.72. The Labute approximate surface area is 114 Å². The van der Waals surface area contributed by atoms with E-state index in [1.165, 1.54) is 24.0 Å². The van der Waals surface area contributed by atoms with Gasteiger partial charge in [0.25, 0.3) is 0 Å². The fourth-order valence-electron chi connectivity index (χ4n) is 2.40. The van der Waals surface area contributed by atoms with Crippen LogP contribution in [0.15, 0.2) is 42.5 Å². The first kappa shape index (κ1) is 12.1. The van der Waals surface area contributed by atoms with E-state index in [1.54, 1.807) is 6.07 Å². The molecule has 0 saturated heterocycles. The molecule has 1 fully saturated rings. The Morgan fingerprint density at radius 3 is 2.68 bits per heavy atom. The minimum atomic E-state index is 0.348. The summed E-state index contributed by atoms with van der Waals surface area (Å²) in [6.07, 6.45) is 2.64. The summed E-state index contributed by atoms with van der Waals surface area (Å²) in [6, 6.07) is 14.4. The van der Waals surface area contributed by atoms with Crippen LogP contribution in [0.4, 0.5) is 5.69 Å². The Bertz CT molecular complexity index is 588. The number of hydrogen-bond acceptors (Lipinski definition) is 2. The number of nitrogens with one attached hydrogen (secondary N) is 1. The second-order valence-electron chi connectivity index (χ2n) is 5.33. The lowest BCUT2D eigenvalue weighted by molar-refractivity contribution is 0.471. The summed E-state index contributed by atoms with van der Waals surface area (Å²) in [4.78, 5) is 0. The Kier molecular flexibility index (Phi) is 3.16. The predicted octanol–water partition coefficient (Wildman–Crippen LogP) is 4.19. The zero-order valence-electron chi connectivity index (χ0n) is 11.2. The maximum absolute atomic E-state index is 9.71. The fraction of sp³-hybridized carbons (Fsp3) is 0.294. The van der Waals surface area contributed by atoms with Crippen molar-refractivity contribution < 1.29 is 5.11 Å². The number of anilines is 1. The van der Waals surface area contributed by atoms with Crippen LogP contribution in [0.5, 0.6) is 5.75 Å². The minimum Gasteiger partial charge on any atom is -0.508 e. The first-order chi connectivity index (χ1) is 9.24. The van der Waals surface area contributed by atoms with Crippen molar-refractivity contribution in [3.05, 3.63) is 59.2 Å². The highest BCUT2D eigenvalue weighted by molar-refractivity contribution is 5.51. The lowest BCUT2D eigenvalue weighted by Gasteiger charge is -2.11. The van der Waals surface area contributed by atoms with Crippen LogP contribution < -0.4 is 5.32 Å². The van der Waals surface area contributed by atoms with E-state index in [1.807, 2.05) is 19.1 Å². The second kappa shape index (κ2) is 4.96. The molecule has 0 radical (unpaired) electrons. The van der Waals surface area contributed by atoms with Gasteiger partial charge in [0, 0.05) is 18.3 Å². The van der Waals surface area contributed by atoms with Crippen LogP contribution >= 0.6 is 0 Å². The standard InChI is InChI=1S/C17H19NO/c1-12-6-9-15(10-17(12)19)18-11-14-4-2-3-5-16(14)13-7-8-13/h2-6,9-10,13,18-19H,7-8,11H2,1H3. The van der Waals surface area contributed by atoms with E-state index in [4.69, 9.17) is 0 Å². The SMILES string of the molecule is Cc1ccc(NCc2ccccc2C2CC2)cc1O. The van der Waals surface area contributed by atoms with Crippen LogP contribution in [0.1, 0.15) is 35.4 Å². The smallest absolute Gasteiger partial charge is 0.120 e. The number of phenolic OH excluding ortho intramolecular Hbond substituents is 1. The molecule has 1 aliphatic rings. The molecule has 0 aliphatic heterocycles. The van der Waals surface area contributed by atoms with Crippen LogP contribution in [-0.2, 0) is 6.54 Å². The molecule has 2 aromatic carbocycles. The van der Waals surface area contributed by atoms with Gasteiger partial charge in [-0.25, -0.2) is 0 Å². The molecule has 1 saturated carbocycles. The Morgan fingerprint density at radius 2 is 1.95 bits per heavy atom. The van der Waals surface area contributed by atoms with E-state index in [0.717, 1.165) is 23.7 Å². The van der Waals surface area contributed by atoms with E-state index in [9.17, 15) is 5.11 Å². The van der Waals surface area contributed by atoms with Crippen LogP contribution in [0.3, 0.4) is 0 Å². The van der Waals surface area contributed by atoms with Crippen molar-refractivity contribution in [3.63, 3.8) is 0 Å². The molecular weight excluding hydrogens is 234 g/mol. The highest BCUT2D eigenvalue weighted by atomic mass is 16.3. The molecule has 1 aliphatic carbocycles. The monoisotopic (exact) mass is 253 g/mol. The zero-order chi connectivity index (χ0) is 13.2. The molecule has 2 heteroatoms. The number of aryl methyl sites for hydroxylation is 1. The summed E-state index contributed by atoms with van der Waals surface area (Å²) in [5, 5.41) is 13.1. The highest BCUT2D eigenvalue weighted by Crippen LogP contribution is 2.41. The molecule has 98 valence electrons. The molecule has 2 aromatic rings. The third kappa shape index (κ3) is 2.73. The van der Waals surface area contributed by atoms with Crippen molar-refractivity contribution in [2.24, 2.45) is 0 Å². The number of hydrogen-bond donors (Lipinski definition) is 2. The predicted molar refractivity (Wildman–Crippen MR) is 78.6 cm³/mol. The largest absolute Gasteiger partial charge is 0.508 e. The highest BCUT2D eigenvalue weighted by Gasteiger charge is 2.25. The van der Waals surface area contributed by atoms with Gasteiger partial charge in [-0.15, -0.1) is 0 Å². The van der Waals surface area contributed by atoms with E-state index in [0.29, 0.717) is 5.75 Å². The maximum atomic E-state index is 9.71. The molecule has 0 amide bonds. The topological polar surface area (TPSA) is 32.3 Å². The molecule has 0 bridgehead atoms. The van der Waals surface area contributed by atoms with Gasteiger partial charge < -0.3 is 10.4 Å². The second-order valence-corrected chi connectivity index (χ2v) is 5.33. The third-order valence-corrected chi connectivity index (χ3v) is 3.76. The first-order valence-electron chi connectivity index (χ1n) is 6.85. The van der Waals surface area contributed by atoms with Crippen LogP contribution in [-0.4, -0.2) is 5.11 Å². The van der Waals surface area contributed by atoms with Gasteiger partial charge in [0.05, 0.1) is 0 Å². The van der Waals surface area contributed by atoms with Crippen LogP contribution in [0, 0.1) is 6.92 Å². The molecule has 0 heterocycles. The quantitative estimate of drug-likeness (QED) is 0.856. The van der Waals surface area contributed by atoms with Gasteiger partial charge in [-0.05, 0) is 48.4 Å². The minimum absolute atomic E-state index is 0.348. The summed E-state index contributed by atoms with van der Waals surface area (Å²) in [5.41, 5.74) is 4.72. The Balaban J connectivity index is 1.73. The van der Waals surface area contributed by atoms with E-state index >= 15 is 0 Å². The van der Waals surface area contributed by atoms with Gasteiger partial charge in [-0.3, -0.25) is 0 Å². The molecule has 3 rings (SSSR count). The lowest BCUT2D eigenvalue weighted by Crippen LogP contribution is -2.02. The molecule has 0 spiro atoms. The normalized spacial score (nSPS) is 14.4. The van der Waals surface area contributed by atoms with Gasteiger partial charge in [-0.2, -0.15) is 0 Å². The molecule has 2 N–H and O–H groups in total. The Hall–Kier alpha value is -1.96. The van der Waals surface area contributed by atoms with E-state index in [-0.39, 0.29) is 0 Å². The molecule has 19 heavy (non-hydrogen) atoms. The van der Waals surface area contributed by atoms with Gasteiger partial charge in [0.15, 0.2) is 0 Å². The van der Waals surface area contributed by atoms with Gasteiger partial charge in [0.1, 0.15) is 5.75 Å². The van der Waals surface area contributed by atoms with Gasteiger partial charge in [0.2, 0.25) is 0 Å².